The molecule has 5 heteroatoms. The highest BCUT2D eigenvalue weighted by Crippen LogP contribution is 2.54. The Hall–Kier alpha value is -2.95. The van der Waals surface area contributed by atoms with Gasteiger partial charge < -0.3 is 10.2 Å². The van der Waals surface area contributed by atoms with Gasteiger partial charge in [-0.1, -0.05) is 24.3 Å². The molecule has 0 bridgehead atoms. The molecular formula is C21H21N3O2. The van der Waals surface area contributed by atoms with Crippen LogP contribution in [0.25, 0.3) is 6.08 Å². The Morgan fingerprint density at radius 3 is 2.77 bits per heavy atom. The number of para-hydroxylation sites is 1. The molecule has 0 unspecified atom stereocenters. The summed E-state index contributed by atoms with van der Waals surface area (Å²) < 4.78 is 0. The van der Waals surface area contributed by atoms with Crippen LogP contribution in [0.15, 0.2) is 60.9 Å². The summed E-state index contributed by atoms with van der Waals surface area (Å²) in [6.07, 6.45) is 7.53. The van der Waals surface area contributed by atoms with Gasteiger partial charge >= 0.3 is 0 Å². The number of hydrogen-bond donors (Lipinski definition) is 1. The Labute approximate surface area is 152 Å². The van der Waals surface area contributed by atoms with Gasteiger partial charge in [0.2, 0.25) is 11.8 Å². The Balaban J connectivity index is 1.21. The Kier molecular flexibility index (Phi) is 4.52. The number of carbonyl (C=O) groups excluding carboxylic acids is 2. The number of fused-ring (bicyclic) bond motifs is 1. The zero-order chi connectivity index (χ0) is 17.9. The van der Waals surface area contributed by atoms with E-state index in [0.29, 0.717) is 18.4 Å². The Bertz CT molecular complexity index is 820. The molecule has 1 saturated carbocycles. The van der Waals surface area contributed by atoms with Gasteiger partial charge in [0, 0.05) is 43.2 Å². The lowest BCUT2D eigenvalue weighted by atomic mass is 10.1. The third-order valence-corrected chi connectivity index (χ3v) is 5.23. The molecule has 1 aromatic carbocycles. The van der Waals surface area contributed by atoms with Gasteiger partial charge in [-0.05, 0) is 48.1 Å². The summed E-state index contributed by atoms with van der Waals surface area (Å²) in [4.78, 5) is 30.3. The number of benzene rings is 1. The van der Waals surface area contributed by atoms with Crippen molar-refractivity contribution in [2.24, 2.45) is 17.8 Å². The minimum Gasteiger partial charge on any atom is -0.353 e. The van der Waals surface area contributed by atoms with Crippen LogP contribution < -0.4 is 10.2 Å². The van der Waals surface area contributed by atoms with Crippen LogP contribution in [0.5, 0.6) is 0 Å². The number of hydrogen-bond acceptors (Lipinski definition) is 3. The van der Waals surface area contributed by atoms with E-state index in [1.54, 1.807) is 18.5 Å². The summed E-state index contributed by atoms with van der Waals surface area (Å²) in [5.41, 5.74) is 1.88. The molecule has 1 aromatic heterocycles. The van der Waals surface area contributed by atoms with Crippen molar-refractivity contribution < 1.29 is 9.59 Å². The summed E-state index contributed by atoms with van der Waals surface area (Å²) in [6, 6.07) is 13.6. The number of nitrogens with zero attached hydrogens (tertiary/aromatic N) is 2. The van der Waals surface area contributed by atoms with Crippen LogP contribution in [0, 0.1) is 17.8 Å². The van der Waals surface area contributed by atoms with E-state index in [2.05, 4.69) is 10.3 Å². The largest absolute Gasteiger partial charge is 0.353 e. The van der Waals surface area contributed by atoms with Crippen molar-refractivity contribution in [2.75, 3.05) is 18.0 Å². The second-order valence-corrected chi connectivity index (χ2v) is 6.84. The first-order valence-corrected chi connectivity index (χ1v) is 8.96. The molecule has 1 aliphatic carbocycles. The molecule has 4 rings (SSSR count). The zero-order valence-electron chi connectivity index (χ0n) is 14.4. The van der Waals surface area contributed by atoms with Crippen molar-refractivity contribution in [2.45, 2.75) is 6.42 Å². The molecule has 26 heavy (non-hydrogen) atoms. The molecule has 132 valence electrons. The van der Waals surface area contributed by atoms with Crippen molar-refractivity contribution in [1.29, 1.82) is 0 Å². The van der Waals surface area contributed by atoms with E-state index in [1.807, 2.05) is 47.4 Å². The first-order valence-electron chi connectivity index (χ1n) is 8.96. The van der Waals surface area contributed by atoms with Crippen LogP contribution in [0.2, 0.25) is 0 Å². The lowest BCUT2D eigenvalue weighted by Crippen LogP contribution is -2.30. The lowest BCUT2D eigenvalue weighted by molar-refractivity contribution is -0.119. The normalized spacial score (nSPS) is 23.9. The quantitative estimate of drug-likeness (QED) is 0.817. The van der Waals surface area contributed by atoms with Crippen molar-refractivity contribution in [1.82, 2.24) is 10.3 Å². The van der Waals surface area contributed by atoms with Crippen LogP contribution in [-0.2, 0) is 9.59 Å². The molecule has 2 fully saturated rings. The summed E-state index contributed by atoms with van der Waals surface area (Å²) >= 11 is 0. The highest BCUT2D eigenvalue weighted by Gasteiger charge is 2.60. The predicted octanol–water partition coefficient (Wildman–Crippen LogP) is 2.51. The van der Waals surface area contributed by atoms with Crippen molar-refractivity contribution >= 4 is 23.6 Å². The number of pyridine rings is 1. The Morgan fingerprint density at radius 2 is 2.08 bits per heavy atom. The fourth-order valence-electron chi connectivity index (χ4n) is 3.84. The summed E-state index contributed by atoms with van der Waals surface area (Å²) in [5, 5.41) is 2.90. The number of rotatable bonds is 6. The number of carbonyl (C=O) groups is 2. The monoisotopic (exact) mass is 347 g/mol. The van der Waals surface area contributed by atoms with Gasteiger partial charge in [-0.2, -0.15) is 0 Å². The summed E-state index contributed by atoms with van der Waals surface area (Å²) in [7, 11) is 0. The predicted molar refractivity (Wildman–Crippen MR) is 100 cm³/mol. The van der Waals surface area contributed by atoms with E-state index in [4.69, 9.17) is 0 Å². The minimum absolute atomic E-state index is 0.114. The standard InChI is InChI=1S/C21H21N3O2/c25-19(9-8-15-5-4-11-22-13-15)23-12-10-17-18-14-24(21(26)20(17)18)16-6-2-1-3-7-16/h1-9,11,13,17-18,20H,10,12,14H2,(H,23,25)/b9-8+/t17-,18+,20-/m0/s1. The third kappa shape index (κ3) is 3.38. The second kappa shape index (κ2) is 7.12. The number of piperidine rings is 1. The second-order valence-electron chi connectivity index (χ2n) is 6.84. The maximum atomic E-state index is 12.5. The van der Waals surface area contributed by atoms with E-state index >= 15 is 0 Å². The van der Waals surface area contributed by atoms with Crippen LogP contribution in [0.3, 0.4) is 0 Å². The molecule has 1 aliphatic heterocycles. The van der Waals surface area contributed by atoms with Crippen molar-refractivity contribution in [3.8, 4) is 0 Å². The molecule has 1 saturated heterocycles. The number of nitrogens with one attached hydrogen (secondary N) is 1. The molecular weight excluding hydrogens is 326 g/mol. The molecule has 3 atom stereocenters. The van der Waals surface area contributed by atoms with Crippen LogP contribution in [0.1, 0.15) is 12.0 Å². The smallest absolute Gasteiger partial charge is 0.244 e. The zero-order valence-corrected chi connectivity index (χ0v) is 14.4. The van der Waals surface area contributed by atoms with Gasteiger partial charge in [-0.15, -0.1) is 0 Å². The van der Waals surface area contributed by atoms with Crippen molar-refractivity contribution in [3.63, 3.8) is 0 Å². The van der Waals surface area contributed by atoms with E-state index in [0.717, 1.165) is 24.2 Å². The molecule has 2 aliphatic rings. The fraction of sp³-hybridized carbons (Fsp3) is 0.286. The van der Waals surface area contributed by atoms with Crippen molar-refractivity contribution in [3.05, 3.63) is 66.5 Å². The lowest BCUT2D eigenvalue weighted by Gasteiger charge is -2.20. The van der Waals surface area contributed by atoms with Gasteiger partial charge in [0.05, 0.1) is 0 Å². The van der Waals surface area contributed by atoms with E-state index in [-0.39, 0.29) is 17.7 Å². The van der Waals surface area contributed by atoms with Gasteiger partial charge in [0.1, 0.15) is 0 Å². The van der Waals surface area contributed by atoms with E-state index in [1.165, 1.54) is 6.08 Å². The number of anilines is 1. The minimum atomic E-state index is -0.114. The summed E-state index contributed by atoms with van der Waals surface area (Å²) in [6.45, 7) is 1.40. The average molecular weight is 347 g/mol. The van der Waals surface area contributed by atoms with Gasteiger partial charge in [0.15, 0.2) is 0 Å². The maximum Gasteiger partial charge on any atom is 0.244 e. The first kappa shape index (κ1) is 16.5. The van der Waals surface area contributed by atoms with Gasteiger partial charge in [-0.25, -0.2) is 0 Å². The number of aromatic nitrogens is 1. The third-order valence-electron chi connectivity index (χ3n) is 5.23. The highest BCUT2D eigenvalue weighted by molar-refractivity contribution is 6.00. The van der Waals surface area contributed by atoms with Crippen LogP contribution in [-0.4, -0.2) is 29.9 Å². The van der Waals surface area contributed by atoms with Gasteiger partial charge in [-0.3, -0.25) is 14.6 Å². The van der Waals surface area contributed by atoms with Crippen LogP contribution in [0.4, 0.5) is 5.69 Å². The van der Waals surface area contributed by atoms with Gasteiger partial charge in [0.25, 0.3) is 0 Å². The SMILES string of the molecule is O=C(/C=C/c1cccnc1)NCC[C@H]1[C@H]2CN(c3ccccc3)C(=O)[C@H]21. The molecule has 5 nitrogen and oxygen atoms in total. The number of amides is 2. The molecule has 2 aromatic rings. The van der Waals surface area contributed by atoms with E-state index < -0.39 is 0 Å². The molecule has 1 N–H and O–H groups in total. The summed E-state index contributed by atoms with van der Waals surface area (Å²) in [5.74, 6) is 1.10. The average Bonchev–Trinajstić information content (AvgIpc) is 3.26. The molecule has 2 amide bonds. The Morgan fingerprint density at radius 1 is 1.23 bits per heavy atom. The molecule has 2 heterocycles. The molecule has 0 spiro atoms. The maximum absolute atomic E-state index is 12.5. The first-order chi connectivity index (χ1) is 12.7. The van der Waals surface area contributed by atoms with E-state index in [9.17, 15) is 9.59 Å². The fourth-order valence-corrected chi connectivity index (χ4v) is 3.84. The molecule has 0 radical (unpaired) electrons. The highest BCUT2D eigenvalue weighted by atomic mass is 16.2. The topological polar surface area (TPSA) is 62.3 Å². The van der Waals surface area contributed by atoms with Crippen LogP contribution >= 0.6 is 0 Å².